The van der Waals surface area contributed by atoms with Crippen LogP contribution in [0.3, 0.4) is 0 Å². The van der Waals surface area contributed by atoms with Crippen molar-refractivity contribution in [3.05, 3.63) is 35.4 Å². The molecule has 108 valence electrons. The predicted molar refractivity (Wildman–Crippen MR) is 86.9 cm³/mol. The summed E-state index contributed by atoms with van der Waals surface area (Å²) in [5.41, 5.74) is 3.55. The molecule has 0 unspecified atom stereocenters. The van der Waals surface area contributed by atoms with Crippen molar-refractivity contribution in [2.24, 2.45) is 0 Å². The molecule has 19 heavy (non-hydrogen) atoms. The summed E-state index contributed by atoms with van der Waals surface area (Å²) < 4.78 is 0. The lowest BCUT2D eigenvalue weighted by atomic mass is 9.77. The third kappa shape index (κ3) is 4.37. The van der Waals surface area contributed by atoms with Crippen LogP contribution in [-0.2, 0) is 10.8 Å². The third-order valence-electron chi connectivity index (χ3n) is 4.74. The first-order valence-electron chi connectivity index (χ1n) is 7.94. The van der Waals surface area contributed by atoms with Crippen molar-refractivity contribution in [2.45, 2.75) is 84.5 Å². The van der Waals surface area contributed by atoms with Crippen LogP contribution in [0.25, 0.3) is 0 Å². The molecule has 0 spiro atoms. The smallest absolute Gasteiger partial charge is 0.0104 e. The molecule has 0 nitrogen and oxygen atoms in total. The maximum atomic E-state index is 2.38. The Labute approximate surface area is 120 Å². The number of benzene rings is 1. The number of rotatable bonds is 7. The van der Waals surface area contributed by atoms with Crippen LogP contribution in [-0.4, -0.2) is 0 Å². The third-order valence-corrected chi connectivity index (χ3v) is 4.74. The van der Waals surface area contributed by atoms with Crippen molar-refractivity contribution < 1.29 is 0 Å². The molecule has 0 aliphatic heterocycles. The van der Waals surface area contributed by atoms with E-state index in [0.717, 1.165) is 0 Å². The predicted octanol–water partition coefficient (Wildman–Crippen LogP) is 6.23. The van der Waals surface area contributed by atoms with E-state index in [1.165, 1.54) is 43.2 Å². The van der Waals surface area contributed by atoms with E-state index in [2.05, 4.69) is 65.8 Å². The van der Waals surface area contributed by atoms with Crippen LogP contribution in [0, 0.1) is 0 Å². The van der Waals surface area contributed by atoms with Gasteiger partial charge >= 0.3 is 0 Å². The SMILES string of the molecule is CCCCCC(C)(C)c1ccc(C(C)(C)CC)cc1. The van der Waals surface area contributed by atoms with Gasteiger partial charge in [0.15, 0.2) is 0 Å². The van der Waals surface area contributed by atoms with E-state index in [4.69, 9.17) is 0 Å². The Morgan fingerprint density at radius 2 is 1.21 bits per heavy atom. The Morgan fingerprint density at radius 3 is 1.63 bits per heavy atom. The van der Waals surface area contributed by atoms with Gasteiger partial charge in [-0.25, -0.2) is 0 Å². The monoisotopic (exact) mass is 260 g/mol. The van der Waals surface area contributed by atoms with Gasteiger partial charge in [-0.1, -0.05) is 85.1 Å². The zero-order valence-corrected chi connectivity index (χ0v) is 13.8. The second-order valence-electron chi connectivity index (χ2n) is 7.16. The molecule has 0 aromatic heterocycles. The molecule has 0 N–H and O–H groups in total. The highest BCUT2D eigenvalue weighted by atomic mass is 14.3. The Morgan fingerprint density at radius 1 is 0.737 bits per heavy atom. The van der Waals surface area contributed by atoms with Gasteiger partial charge in [0.1, 0.15) is 0 Å². The average Bonchev–Trinajstić information content (AvgIpc) is 2.39. The van der Waals surface area contributed by atoms with Gasteiger partial charge in [-0.15, -0.1) is 0 Å². The van der Waals surface area contributed by atoms with Crippen LogP contribution in [0.4, 0.5) is 0 Å². The summed E-state index contributed by atoms with van der Waals surface area (Å²) in [7, 11) is 0. The second kappa shape index (κ2) is 6.59. The standard InChI is InChI=1S/C19H32/c1-7-9-10-15-19(5,6)17-13-11-16(12-14-17)18(3,4)8-2/h11-14H,7-10,15H2,1-6H3. The first-order valence-corrected chi connectivity index (χ1v) is 7.94. The summed E-state index contributed by atoms with van der Waals surface area (Å²) in [6.07, 6.45) is 6.47. The van der Waals surface area contributed by atoms with Gasteiger partial charge in [0.05, 0.1) is 0 Å². The fraction of sp³-hybridized carbons (Fsp3) is 0.684. The second-order valence-corrected chi connectivity index (χ2v) is 7.16. The molecular weight excluding hydrogens is 228 g/mol. The molecule has 1 rings (SSSR count). The van der Waals surface area contributed by atoms with E-state index in [9.17, 15) is 0 Å². The van der Waals surface area contributed by atoms with Crippen LogP contribution in [0.2, 0.25) is 0 Å². The topological polar surface area (TPSA) is 0 Å². The lowest BCUT2D eigenvalue weighted by molar-refractivity contribution is 0.449. The first-order chi connectivity index (χ1) is 8.83. The van der Waals surface area contributed by atoms with E-state index in [1.54, 1.807) is 0 Å². The molecule has 0 aliphatic carbocycles. The quantitative estimate of drug-likeness (QED) is 0.510. The van der Waals surface area contributed by atoms with Gasteiger partial charge in [-0.05, 0) is 34.8 Å². The summed E-state index contributed by atoms with van der Waals surface area (Å²) in [5.74, 6) is 0. The van der Waals surface area contributed by atoms with Crippen molar-refractivity contribution in [1.82, 2.24) is 0 Å². The lowest BCUT2D eigenvalue weighted by Crippen LogP contribution is -2.19. The summed E-state index contributed by atoms with van der Waals surface area (Å²) in [6.45, 7) is 13.9. The molecule has 0 atom stereocenters. The van der Waals surface area contributed by atoms with Gasteiger partial charge < -0.3 is 0 Å². The summed E-state index contributed by atoms with van der Waals surface area (Å²) >= 11 is 0. The molecule has 1 aromatic carbocycles. The summed E-state index contributed by atoms with van der Waals surface area (Å²) in [6, 6.07) is 9.36. The van der Waals surface area contributed by atoms with Gasteiger partial charge in [0.25, 0.3) is 0 Å². The Balaban J connectivity index is 2.80. The number of hydrogen-bond acceptors (Lipinski definition) is 0. The highest BCUT2D eigenvalue weighted by Crippen LogP contribution is 2.32. The lowest BCUT2D eigenvalue weighted by Gasteiger charge is -2.28. The zero-order valence-electron chi connectivity index (χ0n) is 13.8. The fourth-order valence-corrected chi connectivity index (χ4v) is 2.54. The van der Waals surface area contributed by atoms with Crippen LogP contribution in [0.1, 0.15) is 84.8 Å². The van der Waals surface area contributed by atoms with Crippen LogP contribution in [0.5, 0.6) is 0 Å². The van der Waals surface area contributed by atoms with Gasteiger partial charge in [0.2, 0.25) is 0 Å². The molecule has 0 saturated carbocycles. The minimum Gasteiger partial charge on any atom is -0.0654 e. The molecule has 0 heterocycles. The summed E-state index contributed by atoms with van der Waals surface area (Å²) in [4.78, 5) is 0. The molecule has 0 radical (unpaired) electrons. The molecule has 0 bridgehead atoms. The molecule has 1 aromatic rings. The molecule has 0 heteroatoms. The highest BCUT2D eigenvalue weighted by molar-refractivity contribution is 5.31. The van der Waals surface area contributed by atoms with E-state index in [0.29, 0.717) is 10.8 Å². The Bertz CT molecular complexity index is 368. The van der Waals surface area contributed by atoms with E-state index < -0.39 is 0 Å². The maximum absolute atomic E-state index is 2.38. The molecule has 0 aliphatic rings. The molecule has 0 amide bonds. The first kappa shape index (κ1) is 16.3. The van der Waals surface area contributed by atoms with Crippen molar-refractivity contribution in [3.63, 3.8) is 0 Å². The van der Waals surface area contributed by atoms with Crippen molar-refractivity contribution in [3.8, 4) is 0 Å². The van der Waals surface area contributed by atoms with Gasteiger partial charge in [-0.3, -0.25) is 0 Å². The summed E-state index contributed by atoms with van der Waals surface area (Å²) in [5, 5.41) is 0. The average molecular weight is 260 g/mol. The van der Waals surface area contributed by atoms with Crippen molar-refractivity contribution in [1.29, 1.82) is 0 Å². The van der Waals surface area contributed by atoms with Crippen molar-refractivity contribution >= 4 is 0 Å². The highest BCUT2D eigenvalue weighted by Gasteiger charge is 2.22. The van der Waals surface area contributed by atoms with Crippen LogP contribution >= 0.6 is 0 Å². The normalized spacial score (nSPS) is 12.7. The van der Waals surface area contributed by atoms with Gasteiger partial charge in [-0.2, -0.15) is 0 Å². The molecular formula is C19H32. The zero-order chi connectivity index (χ0) is 14.5. The fourth-order valence-electron chi connectivity index (χ4n) is 2.54. The number of hydrogen-bond donors (Lipinski definition) is 0. The minimum absolute atomic E-state index is 0.297. The number of unbranched alkanes of at least 4 members (excludes halogenated alkanes) is 2. The Hall–Kier alpha value is -0.780. The van der Waals surface area contributed by atoms with E-state index in [-0.39, 0.29) is 0 Å². The largest absolute Gasteiger partial charge is 0.0654 e. The molecule has 0 saturated heterocycles. The van der Waals surface area contributed by atoms with E-state index >= 15 is 0 Å². The van der Waals surface area contributed by atoms with E-state index in [1.807, 2.05) is 0 Å². The van der Waals surface area contributed by atoms with Crippen molar-refractivity contribution in [2.75, 3.05) is 0 Å². The van der Waals surface area contributed by atoms with Gasteiger partial charge in [0, 0.05) is 0 Å². The van der Waals surface area contributed by atoms with Crippen LogP contribution in [0.15, 0.2) is 24.3 Å². The molecule has 0 fully saturated rings. The van der Waals surface area contributed by atoms with Crippen LogP contribution < -0.4 is 0 Å². The minimum atomic E-state index is 0.297. The Kier molecular flexibility index (Phi) is 5.64. The maximum Gasteiger partial charge on any atom is -0.0104 e.